The second-order valence-corrected chi connectivity index (χ2v) is 3.29. The number of hydrogen-bond acceptors (Lipinski definition) is 3. The van der Waals surface area contributed by atoms with Gasteiger partial charge in [0.2, 0.25) is 0 Å². The number of phenols is 1. The highest BCUT2D eigenvalue weighted by molar-refractivity contribution is 5.84. The molecular formula is C12H17NO3. The Bertz CT molecular complexity index is 332. The first-order valence-electron chi connectivity index (χ1n) is 4.84. The third-order valence-electron chi connectivity index (χ3n) is 1.73. The van der Waals surface area contributed by atoms with E-state index in [2.05, 4.69) is 6.58 Å². The minimum absolute atomic E-state index is 0.176. The van der Waals surface area contributed by atoms with Gasteiger partial charge in [0.15, 0.2) is 0 Å². The second kappa shape index (κ2) is 7.48. The molecule has 0 aliphatic rings. The van der Waals surface area contributed by atoms with Crippen LogP contribution in [0.3, 0.4) is 0 Å². The van der Waals surface area contributed by atoms with Crippen LogP contribution in [0.15, 0.2) is 36.4 Å². The predicted molar refractivity (Wildman–Crippen MR) is 63.3 cm³/mol. The summed E-state index contributed by atoms with van der Waals surface area (Å²) in [6.45, 7) is 5.26. The Labute approximate surface area is 95.0 Å². The molecule has 4 N–H and O–H groups in total. The number of nitrogens with two attached hydrogens (primary N) is 1. The number of rotatable bonds is 3. The van der Waals surface area contributed by atoms with Gasteiger partial charge in [-0.2, -0.15) is 0 Å². The van der Waals surface area contributed by atoms with E-state index in [1.54, 1.807) is 12.1 Å². The zero-order valence-corrected chi connectivity index (χ0v) is 9.31. The van der Waals surface area contributed by atoms with E-state index in [4.69, 9.17) is 15.9 Å². The minimum Gasteiger partial charge on any atom is -0.508 e. The summed E-state index contributed by atoms with van der Waals surface area (Å²) in [4.78, 5) is 9.60. The number of aromatic hydroxyl groups is 1. The summed E-state index contributed by atoms with van der Waals surface area (Å²) in [5.74, 6) is -0.629. The van der Waals surface area contributed by atoms with Gasteiger partial charge in [-0.3, -0.25) is 0 Å². The van der Waals surface area contributed by atoms with Gasteiger partial charge in [-0.15, -0.1) is 0 Å². The van der Waals surface area contributed by atoms with Gasteiger partial charge in [0.1, 0.15) is 5.75 Å². The van der Waals surface area contributed by atoms with Crippen molar-refractivity contribution in [3.05, 3.63) is 42.0 Å². The Hall–Kier alpha value is -1.81. The van der Waals surface area contributed by atoms with Crippen molar-refractivity contribution in [3.63, 3.8) is 0 Å². The Balaban J connectivity index is 0.000000325. The van der Waals surface area contributed by atoms with Gasteiger partial charge < -0.3 is 15.9 Å². The van der Waals surface area contributed by atoms with E-state index in [0.717, 1.165) is 6.42 Å². The highest BCUT2D eigenvalue weighted by Gasteiger charge is 1.90. The van der Waals surface area contributed by atoms with Crippen molar-refractivity contribution in [1.29, 1.82) is 0 Å². The lowest BCUT2D eigenvalue weighted by Gasteiger charge is -1.96. The van der Waals surface area contributed by atoms with E-state index >= 15 is 0 Å². The number of hydrogen-bond donors (Lipinski definition) is 3. The summed E-state index contributed by atoms with van der Waals surface area (Å²) in [5, 5.41) is 16.8. The highest BCUT2D eigenvalue weighted by Crippen LogP contribution is 2.09. The fourth-order valence-corrected chi connectivity index (χ4v) is 0.829. The molecule has 0 fully saturated rings. The summed E-state index contributed by atoms with van der Waals surface area (Å²) in [6, 6.07) is 7.10. The van der Waals surface area contributed by atoms with Crippen LogP contribution in [-0.2, 0) is 11.2 Å². The van der Waals surface area contributed by atoms with Crippen LogP contribution in [-0.4, -0.2) is 22.7 Å². The SMILES string of the molecule is C=C(C)C(=O)O.NCCc1ccc(O)cc1. The molecule has 0 amide bonds. The first-order chi connectivity index (χ1) is 7.47. The van der Waals surface area contributed by atoms with E-state index in [1.807, 2.05) is 12.1 Å². The Morgan fingerprint density at radius 1 is 1.38 bits per heavy atom. The molecule has 0 aliphatic carbocycles. The molecule has 4 heteroatoms. The molecule has 1 aromatic rings. The normalized spacial score (nSPS) is 8.88. The first-order valence-corrected chi connectivity index (χ1v) is 4.84. The van der Waals surface area contributed by atoms with Gasteiger partial charge in [0.05, 0.1) is 0 Å². The van der Waals surface area contributed by atoms with Crippen molar-refractivity contribution < 1.29 is 15.0 Å². The lowest BCUT2D eigenvalue weighted by atomic mass is 10.1. The van der Waals surface area contributed by atoms with Crippen molar-refractivity contribution in [1.82, 2.24) is 0 Å². The van der Waals surface area contributed by atoms with Crippen LogP contribution < -0.4 is 5.73 Å². The fourth-order valence-electron chi connectivity index (χ4n) is 0.829. The zero-order valence-electron chi connectivity index (χ0n) is 9.31. The Morgan fingerprint density at radius 2 is 1.81 bits per heavy atom. The average Bonchev–Trinajstić information content (AvgIpc) is 2.22. The van der Waals surface area contributed by atoms with E-state index in [-0.39, 0.29) is 5.57 Å². The summed E-state index contributed by atoms with van der Waals surface area (Å²) >= 11 is 0. The van der Waals surface area contributed by atoms with Crippen LogP contribution in [0.1, 0.15) is 12.5 Å². The summed E-state index contributed by atoms with van der Waals surface area (Å²) in [5.41, 5.74) is 6.68. The maximum Gasteiger partial charge on any atom is 0.330 e. The third-order valence-corrected chi connectivity index (χ3v) is 1.73. The Kier molecular flexibility index (Phi) is 6.63. The van der Waals surface area contributed by atoms with Gasteiger partial charge in [-0.1, -0.05) is 18.7 Å². The maximum absolute atomic E-state index is 9.60. The highest BCUT2D eigenvalue weighted by atomic mass is 16.4. The van der Waals surface area contributed by atoms with Crippen LogP contribution in [0.4, 0.5) is 0 Å². The lowest BCUT2D eigenvalue weighted by Crippen LogP contribution is -2.01. The van der Waals surface area contributed by atoms with E-state index in [0.29, 0.717) is 12.3 Å². The van der Waals surface area contributed by atoms with Crippen molar-refractivity contribution in [3.8, 4) is 5.75 Å². The molecule has 1 rings (SSSR count). The van der Waals surface area contributed by atoms with Crippen LogP contribution in [0.2, 0.25) is 0 Å². The fraction of sp³-hybridized carbons (Fsp3) is 0.250. The third kappa shape index (κ3) is 6.62. The molecular weight excluding hydrogens is 206 g/mol. The molecule has 0 aromatic heterocycles. The minimum atomic E-state index is -0.935. The van der Waals surface area contributed by atoms with Crippen molar-refractivity contribution in [2.45, 2.75) is 13.3 Å². The van der Waals surface area contributed by atoms with Gasteiger partial charge in [0.25, 0.3) is 0 Å². The average molecular weight is 223 g/mol. The number of carbonyl (C=O) groups is 1. The molecule has 16 heavy (non-hydrogen) atoms. The molecule has 0 aliphatic heterocycles. The molecule has 0 saturated carbocycles. The number of aliphatic carboxylic acids is 1. The predicted octanol–water partition coefficient (Wildman–Crippen LogP) is 1.54. The van der Waals surface area contributed by atoms with Crippen molar-refractivity contribution >= 4 is 5.97 Å². The lowest BCUT2D eigenvalue weighted by molar-refractivity contribution is -0.132. The molecule has 88 valence electrons. The van der Waals surface area contributed by atoms with Crippen LogP contribution >= 0.6 is 0 Å². The second-order valence-electron chi connectivity index (χ2n) is 3.29. The summed E-state index contributed by atoms with van der Waals surface area (Å²) in [6.07, 6.45) is 0.875. The molecule has 4 nitrogen and oxygen atoms in total. The van der Waals surface area contributed by atoms with Crippen LogP contribution in [0, 0.1) is 0 Å². The number of carboxylic acids is 1. The van der Waals surface area contributed by atoms with E-state index in [9.17, 15) is 4.79 Å². The molecule has 0 atom stereocenters. The quantitative estimate of drug-likeness (QED) is 0.679. The Morgan fingerprint density at radius 3 is 2.12 bits per heavy atom. The van der Waals surface area contributed by atoms with E-state index < -0.39 is 5.97 Å². The van der Waals surface area contributed by atoms with E-state index in [1.165, 1.54) is 12.5 Å². The van der Waals surface area contributed by atoms with Gasteiger partial charge >= 0.3 is 5.97 Å². The molecule has 0 spiro atoms. The molecule has 0 bridgehead atoms. The number of benzene rings is 1. The molecule has 1 aromatic carbocycles. The van der Waals surface area contributed by atoms with Crippen molar-refractivity contribution in [2.24, 2.45) is 5.73 Å². The summed E-state index contributed by atoms with van der Waals surface area (Å²) < 4.78 is 0. The monoisotopic (exact) mass is 223 g/mol. The number of carboxylic acid groups (broad SMARTS) is 1. The first kappa shape index (κ1) is 14.2. The van der Waals surface area contributed by atoms with Crippen molar-refractivity contribution in [2.75, 3.05) is 6.54 Å². The van der Waals surface area contributed by atoms with Gasteiger partial charge in [-0.25, -0.2) is 4.79 Å². The largest absolute Gasteiger partial charge is 0.508 e. The van der Waals surface area contributed by atoms with Gasteiger partial charge in [-0.05, 0) is 37.6 Å². The smallest absolute Gasteiger partial charge is 0.330 e. The van der Waals surface area contributed by atoms with Gasteiger partial charge in [0, 0.05) is 5.57 Å². The molecule has 0 radical (unpaired) electrons. The molecule has 0 unspecified atom stereocenters. The standard InChI is InChI=1S/C8H11NO.C4H6O2/c9-6-5-7-1-3-8(10)4-2-7;1-3(2)4(5)6/h1-4,10H,5-6,9H2;1H2,2H3,(H,5,6). The van der Waals surface area contributed by atoms with Crippen LogP contribution in [0.5, 0.6) is 5.75 Å². The maximum atomic E-state index is 9.60. The summed E-state index contributed by atoms with van der Waals surface area (Å²) in [7, 11) is 0. The molecule has 0 saturated heterocycles. The zero-order chi connectivity index (χ0) is 12.6. The van der Waals surface area contributed by atoms with Crippen LogP contribution in [0.25, 0.3) is 0 Å². The number of phenolic OH excluding ortho intramolecular Hbond substituents is 1. The molecule has 0 heterocycles. The topological polar surface area (TPSA) is 83.5 Å².